The third kappa shape index (κ3) is 4.52. The Labute approximate surface area is 187 Å². The highest BCUT2D eigenvalue weighted by atomic mass is 19.1. The lowest BCUT2D eigenvalue weighted by Crippen LogP contribution is -2.22. The zero-order valence-electron chi connectivity index (χ0n) is 17.5. The first-order valence-electron chi connectivity index (χ1n) is 10.0. The van der Waals surface area contributed by atoms with Gasteiger partial charge in [0.2, 0.25) is 0 Å². The molecule has 1 aromatic heterocycles. The summed E-state index contributed by atoms with van der Waals surface area (Å²) in [6.07, 6.45) is 2.16. The summed E-state index contributed by atoms with van der Waals surface area (Å²) in [6.45, 7) is -0.653. The van der Waals surface area contributed by atoms with Crippen molar-refractivity contribution in [2.24, 2.45) is 0 Å². The number of rotatable bonds is 7. The second-order valence-corrected chi connectivity index (χ2v) is 7.28. The van der Waals surface area contributed by atoms with Crippen molar-refractivity contribution in [2.45, 2.75) is 19.3 Å². The first-order valence-corrected chi connectivity index (χ1v) is 10.0. The average molecular weight is 454 g/mol. The Morgan fingerprint density at radius 3 is 2.67 bits per heavy atom. The van der Waals surface area contributed by atoms with Gasteiger partial charge in [0.1, 0.15) is 17.3 Å². The molecule has 2 aromatic carbocycles. The van der Waals surface area contributed by atoms with Gasteiger partial charge < -0.3 is 14.8 Å². The number of halogens is 1. The van der Waals surface area contributed by atoms with Crippen molar-refractivity contribution in [3.05, 3.63) is 75.3 Å². The van der Waals surface area contributed by atoms with E-state index >= 15 is 0 Å². The van der Waals surface area contributed by atoms with E-state index in [9.17, 15) is 24.1 Å². The standard InChI is InChI=1S/C22H19FN4O6/c1-32-15-9-10-17(19(11-15)27(30)31)24-20(28)12-33-22(29)21-16-3-2-4-18(16)26(25-21)14-7-5-13(23)6-8-14/h5-11H,2-4,12H2,1H3,(H,24,28). The van der Waals surface area contributed by atoms with Gasteiger partial charge in [0, 0.05) is 11.3 Å². The van der Waals surface area contributed by atoms with Crippen molar-refractivity contribution in [2.75, 3.05) is 19.0 Å². The first-order chi connectivity index (χ1) is 15.9. The fourth-order valence-electron chi connectivity index (χ4n) is 3.68. The number of fused-ring (bicyclic) bond motifs is 1. The van der Waals surface area contributed by atoms with Crippen molar-refractivity contribution in [1.82, 2.24) is 9.78 Å². The van der Waals surface area contributed by atoms with E-state index in [-0.39, 0.29) is 28.6 Å². The maximum absolute atomic E-state index is 13.3. The number of hydrogen-bond acceptors (Lipinski definition) is 7. The average Bonchev–Trinajstić information content (AvgIpc) is 3.41. The van der Waals surface area contributed by atoms with Gasteiger partial charge in [-0.25, -0.2) is 13.9 Å². The third-order valence-corrected chi connectivity index (χ3v) is 5.20. The molecule has 4 rings (SSSR count). The van der Waals surface area contributed by atoms with Crippen molar-refractivity contribution in [1.29, 1.82) is 0 Å². The number of amides is 1. The Balaban J connectivity index is 1.47. The van der Waals surface area contributed by atoms with E-state index in [1.165, 1.54) is 37.4 Å². The smallest absolute Gasteiger partial charge is 0.359 e. The van der Waals surface area contributed by atoms with Crippen LogP contribution in [-0.4, -0.2) is 40.3 Å². The molecule has 0 fully saturated rings. The molecular weight excluding hydrogens is 435 g/mol. The van der Waals surface area contributed by atoms with Crippen LogP contribution < -0.4 is 10.1 Å². The van der Waals surface area contributed by atoms with Crippen LogP contribution >= 0.6 is 0 Å². The monoisotopic (exact) mass is 454 g/mol. The van der Waals surface area contributed by atoms with E-state index < -0.39 is 23.4 Å². The second kappa shape index (κ2) is 9.07. The number of esters is 1. The number of nitro benzene ring substituents is 1. The Morgan fingerprint density at radius 2 is 1.97 bits per heavy atom. The summed E-state index contributed by atoms with van der Waals surface area (Å²) in [6, 6.07) is 9.69. The lowest BCUT2D eigenvalue weighted by atomic mass is 10.2. The van der Waals surface area contributed by atoms with Gasteiger partial charge >= 0.3 is 5.97 Å². The summed E-state index contributed by atoms with van der Waals surface area (Å²) in [5.74, 6) is -1.65. The molecule has 1 heterocycles. The topological polar surface area (TPSA) is 126 Å². The lowest BCUT2D eigenvalue weighted by Gasteiger charge is -2.08. The van der Waals surface area contributed by atoms with Gasteiger partial charge in [0.15, 0.2) is 12.3 Å². The molecule has 33 heavy (non-hydrogen) atoms. The van der Waals surface area contributed by atoms with E-state index in [4.69, 9.17) is 9.47 Å². The maximum atomic E-state index is 13.3. The highest BCUT2D eigenvalue weighted by Gasteiger charge is 2.28. The van der Waals surface area contributed by atoms with E-state index in [1.54, 1.807) is 16.8 Å². The molecule has 1 N–H and O–H groups in total. The van der Waals surface area contributed by atoms with Crippen LogP contribution in [0.2, 0.25) is 0 Å². The molecule has 0 bridgehead atoms. The quantitative estimate of drug-likeness (QED) is 0.330. The number of nitrogens with one attached hydrogen (secondary N) is 1. The van der Waals surface area contributed by atoms with E-state index in [1.807, 2.05) is 0 Å². The molecule has 0 aliphatic heterocycles. The molecular formula is C22H19FN4O6. The zero-order chi connectivity index (χ0) is 23.5. The molecule has 0 radical (unpaired) electrons. The minimum absolute atomic E-state index is 0.0525. The van der Waals surface area contributed by atoms with Crippen LogP contribution in [0.15, 0.2) is 42.5 Å². The number of hydrogen-bond donors (Lipinski definition) is 1. The minimum Gasteiger partial charge on any atom is -0.496 e. The van der Waals surface area contributed by atoms with Crippen LogP contribution in [0.3, 0.4) is 0 Å². The summed E-state index contributed by atoms with van der Waals surface area (Å²) in [7, 11) is 1.37. The minimum atomic E-state index is -0.784. The largest absolute Gasteiger partial charge is 0.496 e. The number of carbonyl (C=O) groups is 2. The molecule has 10 nitrogen and oxygen atoms in total. The number of carbonyl (C=O) groups excluding carboxylic acids is 2. The summed E-state index contributed by atoms with van der Waals surface area (Å²) < 4.78 is 24.9. The molecule has 0 saturated heterocycles. The normalized spacial score (nSPS) is 12.2. The Bertz CT molecular complexity index is 1240. The second-order valence-electron chi connectivity index (χ2n) is 7.28. The predicted octanol–water partition coefficient (Wildman–Crippen LogP) is 3.21. The third-order valence-electron chi connectivity index (χ3n) is 5.20. The van der Waals surface area contributed by atoms with E-state index in [0.29, 0.717) is 18.5 Å². The van der Waals surface area contributed by atoms with Crippen LogP contribution in [0.4, 0.5) is 15.8 Å². The van der Waals surface area contributed by atoms with Gasteiger partial charge in [0.25, 0.3) is 11.6 Å². The van der Waals surface area contributed by atoms with Crippen LogP contribution in [0.1, 0.15) is 28.2 Å². The van der Waals surface area contributed by atoms with Gasteiger partial charge in [-0.1, -0.05) is 0 Å². The SMILES string of the molecule is COc1ccc(NC(=O)COC(=O)c2nn(-c3ccc(F)cc3)c3c2CCC3)c([N+](=O)[O-])c1. The number of anilines is 1. The number of aromatic nitrogens is 2. The Hall–Kier alpha value is -4.28. The lowest BCUT2D eigenvalue weighted by molar-refractivity contribution is -0.384. The molecule has 11 heteroatoms. The summed E-state index contributed by atoms with van der Waals surface area (Å²) in [5, 5.41) is 17.9. The number of ether oxygens (including phenoxy) is 2. The fourth-order valence-corrected chi connectivity index (χ4v) is 3.68. The first kappa shape index (κ1) is 21.9. The van der Waals surface area contributed by atoms with Gasteiger partial charge in [0.05, 0.1) is 23.8 Å². The van der Waals surface area contributed by atoms with Gasteiger partial charge in [-0.15, -0.1) is 0 Å². The molecule has 1 aliphatic rings. The fraction of sp³-hybridized carbons (Fsp3) is 0.227. The summed E-state index contributed by atoms with van der Waals surface area (Å²) >= 11 is 0. The Kier molecular flexibility index (Phi) is 6.03. The molecule has 0 atom stereocenters. The van der Waals surface area contributed by atoms with Crippen molar-refractivity contribution in [3.63, 3.8) is 0 Å². The number of benzene rings is 2. The van der Waals surface area contributed by atoms with E-state index in [2.05, 4.69) is 10.4 Å². The highest BCUT2D eigenvalue weighted by molar-refractivity contribution is 5.97. The summed E-state index contributed by atoms with van der Waals surface area (Å²) in [5.41, 5.74) is 1.86. The van der Waals surface area contributed by atoms with Gasteiger partial charge in [-0.05, 0) is 55.7 Å². The predicted molar refractivity (Wildman–Crippen MR) is 114 cm³/mol. The Morgan fingerprint density at radius 1 is 1.21 bits per heavy atom. The number of methoxy groups -OCH3 is 1. The molecule has 1 amide bonds. The number of nitrogens with zero attached hydrogens (tertiary/aromatic N) is 3. The van der Waals surface area contributed by atoms with E-state index in [0.717, 1.165) is 17.7 Å². The summed E-state index contributed by atoms with van der Waals surface area (Å²) in [4.78, 5) is 35.5. The van der Waals surface area contributed by atoms with Crippen LogP contribution in [0.5, 0.6) is 5.75 Å². The van der Waals surface area contributed by atoms with Crippen LogP contribution in [0.25, 0.3) is 5.69 Å². The number of nitro groups is 1. The molecule has 3 aromatic rings. The molecule has 0 unspecified atom stereocenters. The van der Waals surface area contributed by atoms with Crippen molar-refractivity contribution < 1.29 is 28.4 Å². The van der Waals surface area contributed by atoms with Crippen molar-refractivity contribution >= 4 is 23.3 Å². The van der Waals surface area contributed by atoms with Gasteiger partial charge in [-0.2, -0.15) is 5.10 Å². The maximum Gasteiger partial charge on any atom is 0.359 e. The molecule has 0 saturated carbocycles. The van der Waals surface area contributed by atoms with Gasteiger partial charge in [-0.3, -0.25) is 14.9 Å². The molecule has 0 spiro atoms. The highest BCUT2D eigenvalue weighted by Crippen LogP contribution is 2.30. The van der Waals surface area contributed by atoms with Crippen molar-refractivity contribution in [3.8, 4) is 11.4 Å². The zero-order valence-corrected chi connectivity index (χ0v) is 17.5. The van der Waals surface area contributed by atoms with Crippen LogP contribution in [0, 0.1) is 15.9 Å². The molecule has 170 valence electrons. The van der Waals surface area contributed by atoms with Crippen LogP contribution in [-0.2, 0) is 22.4 Å². The molecule has 1 aliphatic carbocycles.